The smallest absolute Gasteiger partial charge is 0.543 e. The van der Waals surface area contributed by atoms with Crippen LogP contribution >= 0.6 is 23.5 Å². The number of hydrogen-bond acceptors (Lipinski definition) is 14. The molecule has 0 aliphatic carbocycles. The van der Waals surface area contributed by atoms with Crippen LogP contribution in [0.25, 0.3) is 0 Å². The maximum absolute atomic E-state index is 12.9. The van der Waals surface area contributed by atoms with Crippen molar-refractivity contribution in [3.05, 3.63) is 35.0 Å². The van der Waals surface area contributed by atoms with E-state index >= 15 is 0 Å². The molecule has 2 aromatic rings. The standard InChI is InChI=1S/C19H20N8O8S3.Na/c1-26-19(21-24-25-26)37-7-9-6-36-17-13(16(30)27(17)14(9)18(31)32)20-15(29)12(22-33)8-3-4-11(28)10(5-8)23-38(2,34)35;/h3-5,13,17,23,28,33H,6-7H2,1-2H3,(H,20,29)(H,31,32);/q;+1/p-1/t13?,17-;/m1./s1. The van der Waals surface area contributed by atoms with E-state index < -0.39 is 50.7 Å². The fourth-order valence-corrected chi connectivity index (χ4v) is 6.58. The molecule has 20 heteroatoms. The molecule has 2 atom stereocenters. The van der Waals surface area contributed by atoms with Gasteiger partial charge < -0.3 is 25.5 Å². The third-order valence-electron chi connectivity index (χ3n) is 5.36. The molecule has 39 heavy (non-hydrogen) atoms. The number of tetrazole rings is 1. The summed E-state index contributed by atoms with van der Waals surface area (Å²) in [6.07, 6.45) is 0.856. The van der Waals surface area contributed by atoms with Crippen molar-refractivity contribution < 1.29 is 67.8 Å². The van der Waals surface area contributed by atoms with E-state index in [1.54, 1.807) is 7.05 Å². The van der Waals surface area contributed by atoms with Crippen molar-refractivity contribution in [2.45, 2.75) is 16.6 Å². The Morgan fingerprint density at radius 2 is 2.08 bits per heavy atom. The first kappa shape index (κ1) is 30.7. The molecular formula is C19H19N8NaO8S3. The van der Waals surface area contributed by atoms with Crippen LogP contribution in [0, 0.1) is 0 Å². The Balaban J connectivity index is 0.00000420. The van der Waals surface area contributed by atoms with E-state index in [4.69, 9.17) is 0 Å². The number of fused-ring (bicyclic) bond motifs is 1. The maximum Gasteiger partial charge on any atom is 1.00 e. The van der Waals surface area contributed by atoms with Crippen molar-refractivity contribution in [1.82, 2.24) is 30.4 Å². The van der Waals surface area contributed by atoms with Gasteiger partial charge in [0.1, 0.15) is 17.2 Å². The van der Waals surface area contributed by atoms with Gasteiger partial charge in [-0.15, -0.1) is 16.9 Å². The van der Waals surface area contributed by atoms with Crippen LogP contribution in [0.15, 0.2) is 39.8 Å². The molecule has 2 aliphatic rings. The number of aromatic nitrogens is 4. The van der Waals surface area contributed by atoms with E-state index in [2.05, 4.69) is 30.7 Å². The normalized spacial score (nSPS) is 19.1. The average Bonchev–Trinajstić information content (AvgIpc) is 3.26. The van der Waals surface area contributed by atoms with E-state index in [0.29, 0.717) is 10.7 Å². The first-order valence-corrected chi connectivity index (χ1v) is 14.4. The molecule has 0 radical (unpaired) electrons. The minimum Gasteiger partial charge on any atom is -0.543 e. The van der Waals surface area contributed by atoms with E-state index in [1.165, 1.54) is 34.3 Å². The maximum atomic E-state index is 12.9. The van der Waals surface area contributed by atoms with Gasteiger partial charge in [-0.2, -0.15) is 0 Å². The van der Waals surface area contributed by atoms with E-state index in [-0.39, 0.29) is 58.0 Å². The number of sulfonamides is 1. The van der Waals surface area contributed by atoms with Gasteiger partial charge in [0.2, 0.25) is 15.2 Å². The number of aryl methyl sites for hydroxylation is 1. The second kappa shape index (κ2) is 12.1. The number of nitrogens with one attached hydrogen (secondary N) is 2. The number of carbonyl (C=O) groups is 3. The SMILES string of the molecule is Cn1nnnc1SCC1=C(C(=O)[O-])N2C(=O)C(NC(=O)C(=NO)c3ccc(O)c(NS(C)(=O)=O)c3)[C@H]2SC1.[Na+]. The van der Waals surface area contributed by atoms with Crippen LogP contribution in [0.5, 0.6) is 5.75 Å². The number of phenolic OH excluding ortho intramolecular Hbond substituents is 1. The molecular weight excluding hydrogens is 587 g/mol. The monoisotopic (exact) mass is 606 g/mol. The summed E-state index contributed by atoms with van der Waals surface area (Å²) < 4.78 is 26.5. The van der Waals surface area contributed by atoms with Crippen LogP contribution in [0.4, 0.5) is 5.69 Å². The van der Waals surface area contributed by atoms with Crippen molar-refractivity contribution in [3.8, 4) is 5.75 Å². The fourth-order valence-electron chi connectivity index (χ4n) is 3.69. The molecule has 1 aromatic carbocycles. The van der Waals surface area contributed by atoms with Crippen LogP contribution < -0.4 is 44.7 Å². The van der Waals surface area contributed by atoms with Gasteiger partial charge >= 0.3 is 29.6 Å². The summed E-state index contributed by atoms with van der Waals surface area (Å²) in [6, 6.07) is 2.22. The van der Waals surface area contributed by atoms with E-state index in [1.807, 2.05) is 0 Å². The minimum atomic E-state index is -3.78. The number of rotatable bonds is 9. The number of phenols is 1. The zero-order valence-electron chi connectivity index (χ0n) is 20.6. The topological polar surface area (TPSA) is 232 Å². The van der Waals surface area contributed by atoms with Crippen molar-refractivity contribution in [3.63, 3.8) is 0 Å². The number of amides is 2. The molecule has 2 amide bonds. The number of β-lactam (4-membered cyclic amide) rings is 1. The molecule has 1 aromatic heterocycles. The molecule has 0 saturated carbocycles. The molecule has 2 aliphatic heterocycles. The Hall–Kier alpha value is -2.84. The van der Waals surface area contributed by atoms with Gasteiger partial charge in [-0.05, 0) is 34.2 Å². The molecule has 0 spiro atoms. The summed E-state index contributed by atoms with van der Waals surface area (Å²) in [5.41, 5.74) is -0.776. The number of carboxylic acid groups (broad SMARTS) is 1. The van der Waals surface area contributed by atoms with E-state index in [9.17, 15) is 38.2 Å². The van der Waals surface area contributed by atoms with Gasteiger partial charge in [0.05, 0.1) is 23.6 Å². The Morgan fingerprint density at radius 3 is 2.67 bits per heavy atom. The Labute approximate surface area is 251 Å². The van der Waals surface area contributed by atoms with Crippen molar-refractivity contribution >= 4 is 62.7 Å². The first-order valence-electron chi connectivity index (χ1n) is 10.5. The number of aliphatic carboxylic acids is 1. The third-order valence-corrected chi connectivity index (χ3v) is 8.39. The van der Waals surface area contributed by atoms with Gasteiger partial charge in [-0.1, -0.05) is 16.9 Å². The molecule has 1 unspecified atom stereocenters. The Morgan fingerprint density at radius 1 is 1.36 bits per heavy atom. The van der Waals surface area contributed by atoms with Crippen LogP contribution in [-0.2, 0) is 31.5 Å². The molecule has 0 bridgehead atoms. The second-order valence-electron chi connectivity index (χ2n) is 8.03. The quantitative estimate of drug-likeness (QED) is 0.0398. The zero-order valence-corrected chi connectivity index (χ0v) is 25.0. The first-order chi connectivity index (χ1) is 17.9. The van der Waals surface area contributed by atoms with Gasteiger partial charge in [0.25, 0.3) is 11.8 Å². The molecule has 4 rings (SSSR count). The second-order valence-corrected chi connectivity index (χ2v) is 11.8. The predicted molar refractivity (Wildman–Crippen MR) is 131 cm³/mol. The van der Waals surface area contributed by atoms with Crippen molar-refractivity contribution in [2.24, 2.45) is 12.2 Å². The largest absolute Gasteiger partial charge is 1.00 e. The molecule has 4 N–H and O–H groups in total. The number of carbonyl (C=O) groups excluding carboxylic acids is 3. The number of nitrogens with zero attached hydrogens (tertiary/aromatic N) is 6. The summed E-state index contributed by atoms with van der Waals surface area (Å²) in [6.45, 7) is 0. The number of oxime groups is 1. The number of hydrogen-bond donors (Lipinski definition) is 4. The minimum absolute atomic E-state index is 0. The Kier molecular flexibility index (Phi) is 9.55. The molecule has 202 valence electrons. The number of carboxylic acids is 1. The summed E-state index contributed by atoms with van der Waals surface area (Å²) in [4.78, 5) is 38.7. The Bertz CT molecular complexity index is 1500. The number of thioether (sulfide) groups is 2. The number of aromatic hydroxyl groups is 1. The molecule has 16 nitrogen and oxygen atoms in total. The number of benzene rings is 1. The van der Waals surface area contributed by atoms with E-state index in [0.717, 1.165) is 23.3 Å². The molecule has 1 saturated heterocycles. The molecule has 1 fully saturated rings. The summed E-state index contributed by atoms with van der Waals surface area (Å²) >= 11 is 2.40. The zero-order chi connectivity index (χ0) is 27.8. The van der Waals surface area contributed by atoms with Crippen LogP contribution in [0.1, 0.15) is 5.56 Å². The van der Waals surface area contributed by atoms with Crippen LogP contribution in [0.2, 0.25) is 0 Å². The van der Waals surface area contributed by atoms with Crippen LogP contribution in [0.3, 0.4) is 0 Å². The van der Waals surface area contributed by atoms with Crippen LogP contribution in [-0.4, -0.2) is 96.5 Å². The third kappa shape index (κ3) is 6.49. The van der Waals surface area contributed by atoms with Gasteiger partial charge in [0, 0.05) is 24.1 Å². The van der Waals surface area contributed by atoms with Gasteiger partial charge in [-0.25, -0.2) is 13.1 Å². The molecule has 3 heterocycles. The summed E-state index contributed by atoms with van der Waals surface area (Å²) in [7, 11) is -2.15. The van der Waals surface area contributed by atoms with Gasteiger partial charge in [-0.3, -0.25) is 19.2 Å². The van der Waals surface area contributed by atoms with Crippen molar-refractivity contribution in [2.75, 3.05) is 22.5 Å². The fraction of sp³-hybridized carbons (Fsp3) is 0.316. The summed E-state index contributed by atoms with van der Waals surface area (Å²) in [5, 5.41) is 47.4. The number of anilines is 1. The van der Waals surface area contributed by atoms with Crippen molar-refractivity contribution in [1.29, 1.82) is 0 Å². The van der Waals surface area contributed by atoms with Gasteiger partial charge in [0.15, 0.2) is 5.71 Å². The predicted octanol–water partition coefficient (Wildman–Crippen LogP) is -5.33. The average molecular weight is 607 g/mol. The summed E-state index contributed by atoms with van der Waals surface area (Å²) in [5.74, 6) is -3.28.